The summed E-state index contributed by atoms with van der Waals surface area (Å²) in [5.41, 5.74) is 7.33. The zero-order valence-electron chi connectivity index (χ0n) is 39.9. The summed E-state index contributed by atoms with van der Waals surface area (Å²) in [6.45, 7) is 10.5. The van der Waals surface area contributed by atoms with E-state index in [1.165, 1.54) is 53.2 Å². The van der Waals surface area contributed by atoms with Gasteiger partial charge in [-0.15, -0.1) is 22.7 Å². The van der Waals surface area contributed by atoms with Crippen LogP contribution < -0.4 is 29.2 Å². The molecule has 4 aromatic carbocycles. The van der Waals surface area contributed by atoms with E-state index in [4.69, 9.17) is 4.74 Å². The average molecular weight is 1060 g/mol. The first kappa shape index (κ1) is 53.3. The Balaban J connectivity index is 0.000000182. The fraction of sp³-hybridized carbons (Fsp3) is 0.212. The van der Waals surface area contributed by atoms with Crippen LogP contribution in [-0.4, -0.2) is 85.4 Å². The molecule has 1 atom stereocenters. The van der Waals surface area contributed by atoms with E-state index in [0.717, 1.165) is 86.1 Å². The minimum absolute atomic E-state index is 0. The third-order valence-electron chi connectivity index (χ3n) is 11.7. The standard InChI is InChI=1S/C26H35N2O3S.2C13H9N3O2S.Co/c1-8-26(4)22-18-21(32(7,29)30)14-15-23(22)27(5)25(26)16-12-19-11-13-20(17-24(19)31-6)28(9-2)10-3;2*17-8-5-6-9(11(18)7-8)15-16-13-14-10-3-1-2-4-12(10)19-13;/h11-18H,8-10H2,1-7H3;2*1-7H,(H2,14,16,17,18);/q+1;;;/p-2. The van der Waals surface area contributed by atoms with E-state index in [2.05, 4.69) is 97.9 Å². The summed E-state index contributed by atoms with van der Waals surface area (Å²) in [5.74, 6) is -0.0652. The van der Waals surface area contributed by atoms with Gasteiger partial charge in [-0.25, -0.2) is 8.42 Å². The molecule has 0 saturated heterocycles. The van der Waals surface area contributed by atoms with E-state index >= 15 is 0 Å². The molecule has 2 aliphatic carbocycles. The van der Waals surface area contributed by atoms with Crippen LogP contribution in [0.25, 0.3) is 26.5 Å². The van der Waals surface area contributed by atoms with Crippen molar-refractivity contribution in [3.8, 4) is 5.75 Å². The summed E-state index contributed by atoms with van der Waals surface area (Å²) < 4.78 is 34.2. The number of para-hydroxylation sites is 2. The predicted molar refractivity (Wildman–Crippen MR) is 280 cm³/mol. The third-order valence-corrected chi connectivity index (χ3v) is 14.6. The van der Waals surface area contributed by atoms with Gasteiger partial charge in [-0.2, -0.15) is 4.58 Å². The molecule has 1 aliphatic heterocycles. The minimum atomic E-state index is -3.26. The van der Waals surface area contributed by atoms with Crippen LogP contribution in [0.5, 0.6) is 5.75 Å². The second-order valence-electron chi connectivity index (χ2n) is 16.1. The van der Waals surface area contributed by atoms with Crippen molar-refractivity contribution in [3.05, 3.63) is 160 Å². The fourth-order valence-corrected chi connectivity index (χ4v) is 9.97. The molecule has 9 rings (SSSR count). The Hall–Kier alpha value is -7.03. The molecule has 0 spiro atoms. The number of carbonyl (C=O) groups is 2. The minimum Gasteiger partial charge on any atom is -0.506 e. The Labute approximate surface area is 429 Å². The number of hydrogen-bond donors (Lipinski definition) is 2. The molecule has 6 aromatic rings. The van der Waals surface area contributed by atoms with Gasteiger partial charge in [0.1, 0.15) is 35.7 Å². The molecular formula is C52H51CoN8O7S3-. The Morgan fingerprint density at radius 2 is 1.28 bits per heavy atom. The number of aromatic nitrogens is 2. The van der Waals surface area contributed by atoms with Crippen molar-refractivity contribution in [1.29, 1.82) is 0 Å². The number of nitrogens with zero attached hydrogens (tertiary/aromatic N) is 8. The predicted octanol–water partition coefficient (Wildman–Crippen LogP) is 8.44. The maximum absolute atomic E-state index is 12.1. The molecular weight excluding hydrogens is 1000 g/mol. The van der Waals surface area contributed by atoms with Gasteiger partial charge in [0, 0.05) is 102 Å². The zero-order valence-corrected chi connectivity index (χ0v) is 43.4. The van der Waals surface area contributed by atoms with E-state index in [-0.39, 0.29) is 56.7 Å². The first-order chi connectivity index (χ1) is 33.5. The normalized spacial score (nSPS) is 18.1. The molecule has 2 aromatic heterocycles. The molecule has 15 nitrogen and oxygen atoms in total. The van der Waals surface area contributed by atoms with E-state index < -0.39 is 9.84 Å². The molecule has 0 saturated carbocycles. The topological polar surface area (TPSA) is 202 Å². The quantitative estimate of drug-likeness (QED) is 0.0762. The number of aliphatic hydroxyl groups is 2. The number of sulfone groups is 1. The van der Waals surface area contributed by atoms with E-state index in [9.17, 15) is 28.2 Å². The Kier molecular flexibility index (Phi) is 17.5. The number of benzene rings is 4. The number of ether oxygens (including phenoxy) is 1. The first-order valence-electron chi connectivity index (χ1n) is 22.2. The van der Waals surface area contributed by atoms with Gasteiger partial charge in [0.05, 0.1) is 17.4 Å². The first-order valence-corrected chi connectivity index (χ1v) is 25.7. The van der Waals surface area contributed by atoms with E-state index in [0.29, 0.717) is 14.5 Å². The van der Waals surface area contributed by atoms with Gasteiger partial charge in [-0.3, -0.25) is 19.8 Å². The van der Waals surface area contributed by atoms with Gasteiger partial charge in [0.25, 0.3) is 0 Å². The molecule has 369 valence electrons. The number of anilines is 1. The fourth-order valence-electron chi connectivity index (χ4n) is 7.75. The van der Waals surface area contributed by atoms with Crippen molar-refractivity contribution in [2.45, 2.75) is 44.4 Å². The van der Waals surface area contributed by atoms with Crippen LogP contribution >= 0.6 is 22.7 Å². The number of aliphatic hydroxyl groups excluding tert-OH is 2. The van der Waals surface area contributed by atoms with Crippen molar-refractivity contribution < 1.29 is 54.3 Å². The number of fused-ring (bicyclic) bond motifs is 3. The summed E-state index contributed by atoms with van der Waals surface area (Å²) in [4.78, 5) is 34.2. The molecule has 2 N–H and O–H groups in total. The van der Waals surface area contributed by atoms with Gasteiger partial charge in [-0.05, 0) is 105 Å². The Morgan fingerprint density at radius 3 is 1.75 bits per heavy atom. The number of ketones is 2. The van der Waals surface area contributed by atoms with Crippen molar-refractivity contribution in [2.75, 3.05) is 38.4 Å². The third kappa shape index (κ3) is 12.5. The number of rotatable bonds is 10. The van der Waals surface area contributed by atoms with E-state index in [1.54, 1.807) is 13.2 Å². The maximum atomic E-state index is 12.1. The molecule has 1 radical (unpaired) electrons. The second-order valence-corrected chi connectivity index (χ2v) is 20.2. The van der Waals surface area contributed by atoms with Crippen LogP contribution in [0.15, 0.2) is 164 Å². The molecule has 0 amide bonds. The van der Waals surface area contributed by atoms with Crippen LogP contribution in [0.4, 0.5) is 11.4 Å². The van der Waals surface area contributed by atoms with Crippen LogP contribution in [0.3, 0.4) is 0 Å². The second kappa shape index (κ2) is 23.3. The summed E-state index contributed by atoms with van der Waals surface area (Å²) in [5, 5.41) is 34.8. The molecule has 0 bridgehead atoms. The van der Waals surface area contributed by atoms with Crippen molar-refractivity contribution in [1.82, 2.24) is 9.97 Å². The molecule has 19 heteroatoms. The molecule has 1 unspecified atom stereocenters. The molecule has 3 heterocycles. The van der Waals surface area contributed by atoms with Gasteiger partial charge in [0.2, 0.25) is 5.69 Å². The monoisotopic (exact) mass is 1050 g/mol. The van der Waals surface area contributed by atoms with Crippen molar-refractivity contribution >= 4 is 99.1 Å². The molecule has 0 fully saturated rings. The summed E-state index contributed by atoms with van der Waals surface area (Å²) >= 11 is 2.82. The summed E-state index contributed by atoms with van der Waals surface area (Å²) in [6.07, 6.45) is 14.1. The maximum Gasteiger partial charge on any atom is 0.209 e. The van der Waals surface area contributed by atoms with Crippen molar-refractivity contribution in [3.63, 3.8) is 0 Å². The number of hydrogen-bond acceptors (Lipinski definition) is 14. The summed E-state index contributed by atoms with van der Waals surface area (Å²) in [7, 11) is 0.479. The van der Waals surface area contributed by atoms with Crippen molar-refractivity contribution in [2.24, 2.45) is 20.4 Å². The smallest absolute Gasteiger partial charge is 0.209 e. The SMILES string of the molecule is CCN(CC)c1ccc(/C=C/C2=[N+](C)c3ccc(S(C)(=O)=O)cc3C2(C)CC)c(OC)c1.O=C1C=CC(=NN=c2[n-]c3ccccc3s2)C(O)=C1.O=C1C=CC(=NN=c2[n-]c3ccccc3s2)C(O)=C1.[Co]. The van der Waals surface area contributed by atoms with Gasteiger partial charge >= 0.3 is 0 Å². The van der Waals surface area contributed by atoms with Crippen LogP contribution in [0.2, 0.25) is 0 Å². The van der Waals surface area contributed by atoms with Gasteiger partial charge < -0.3 is 40.0 Å². The molecule has 71 heavy (non-hydrogen) atoms. The Morgan fingerprint density at radius 1 is 0.746 bits per heavy atom. The number of methoxy groups -OCH3 is 1. The number of thiazole rings is 2. The van der Waals surface area contributed by atoms with Gasteiger partial charge in [-0.1, -0.05) is 43.3 Å². The van der Waals surface area contributed by atoms with Gasteiger partial charge in [0.15, 0.2) is 27.1 Å². The van der Waals surface area contributed by atoms with Crippen LogP contribution in [-0.2, 0) is 41.6 Å². The van der Waals surface area contributed by atoms with E-state index in [1.807, 2.05) is 67.7 Å². The summed E-state index contributed by atoms with van der Waals surface area (Å²) in [6, 6.07) is 27.1. The number of allylic oxidation sites excluding steroid dienone is 7. The van der Waals surface area contributed by atoms with Crippen LogP contribution in [0.1, 0.15) is 45.2 Å². The number of carbonyl (C=O) groups excluding carboxylic acids is 2. The zero-order chi connectivity index (χ0) is 50.2. The molecule has 3 aliphatic rings. The largest absolute Gasteiger partial charge is 0.506 e. The average Bonchev–Trinajstić information content (AvgIpc) is 4.03. The Bertz CT molecular complexity index is 3320. The van der Waals surface area contributed by atoms with Crippen LogP contribution in [0, 0.1) is 0 Å².